The van der Waals surface area contributed by atoms with E-state index >= 15 is 0 Å². The summed E-state index contributed by atoms with van der Waals surface area (Å²) in [4.78, 5) is 12.9. The molecule has 0 aliphatic heterocycles. The summed E-state index contributed by atoms with van der Waals surface area (Å²) in [5, 5.41) is 5.35. The molecular weight excluding hydrogens is 388 g/mol. The molecule has 146 valence electrons. The van der Waals surface area contributed by atoms with Crippen LogP contribution in [0.5, 0.6) is 5.75 Å². The van der Waals surface area contributed by atoms with E-state index in [1.807, 2.05) is 0 Å². The Morgan fingerprint density at radius 1 is 0.828 bits per heavy atom. The van der Waals surface area contributed by atoms with Gasteiger partial charge in [0.2, 0.25) is 0 Å². The second kappa shape index (κ2) is 7.05. The molecule has 0 spiro atoms. The van der Waals surface area contributed by atoms with Crippen LogP contribution in [-0.4, -0.2) is 16.1 Å². The molecule has 4 rings (SSSR count). The number of fused-ring (bicyclic) bond motifs is 1. The molecule has 0 amide bonds. The van der Waals surface area contributed by atoms with Gasteiger partial charge in [0.15, 0.2) is 0 Å². The normalized spacial score (nSPS) is 11.6. The van der Waals surface area contributed by atoms with E-state index in [2.05, 4.69) is 9.84 Å². The number of hydrogen-bond donors (Lipinski definition) is 0. The van der Waals surface area contributed by atoms with Gasteiger partial charge < -0.3 is 4.74 Å². The first-order chi connectivity index (χ1) is 13.8. The lowest BCUT2D eigenvalue weighted by atomic mass is 10.0. The van der Waals surface area contributed by atoms with Gasteiger partial charge in [0.25, 0.3) is 5.56 Å². The SMILES string of the molecule is O=c1c2ccccc2c(-c2ccc(F)cc2)nn1-c1ccc(OC(F)(F)F)cc1. The van der Waals surface area contributed by atoms with E-state index in [0.717, 1.165) is 16.8 Å². The van der Waals surface area contributed by atoms with Crippen molar-refractivity contribution in [2.24, 2.45) is 0 Å². The van der Waals surface area contributed by atoms with Gasteiger partial charge in [0.05, 0.1) is 16.8 Å². The van der Waals surface area contributed by atoms with Crippen LogP contribution in [0.25, 0.3) is 27.7 Å². The Kier molecular flexibility index (Phi) is 4.54. The number of halogens is 4. The van der Waals surface area contributed by atoms with Crippen LogP contribution < -0.4 is 10.3 Å². The highest BCUT2D eigenvalue weighted by atomic mass is 19.4. The quantitative estimate of drug-likeness (QED) is 0.450. The number of alkyl halides is 3. The van der Waals surface area contributed by atoms with Gasteiger partial charge in [-0.05, 0) is 54.6 Å². The van der Waals surface area contributed by atoms with E-state index in [9.17, 15) is 22.4 Å². The van der Waals surface area contributed by atoms with Gasteiger partial charge in [0, 0.05) is 10.9 Å². The number of aromatic nitrogens is 2. The number of nitrogens with zero attached hydrogens (tertiary/aromatic N) is 2. The molecule has 1 heterocycles. The Bertz CT molecular complexity index is 1230. The predicted molar refractivity (Wildman–Crippen MR) is 99.4 cm³/mol. The summed E-state index contributed by atoms with van der Waals surface area (Å²) in [5.41, 5.74) is 0.860. The van der Waals surface area contributed by atoms with Crippen LogP contribution in [0.1, 0.15) is 0 Å². The lowest BCUT2D eigenvalue weighted by Crippen LogP contribution is -2.22. The summed E-state index contributed by atoms with van der Waals surface area (Å²) in [6.07, 6.45) is -4.81. The molecule has 0 fully saturated rings. The Morgan fingerprint density at radius 3 is 2.07 bits per heavy atom. The second-order valence-electron chi connectivity index (χ2n) is 6.16. The molecule has 0 aliphatic rings. The van der Waals surface area contributed by atoms with Crippen LogP contribution >= 0.6 is 0 Å². The second-order valence-corrected chi connectivity index (χ2v) is 6.16. The van der Waals surface area contributed by atoms with Gasteiger partial charge in [-0.15, -0.1) is 13.2 Å². The van der Waals surface area contributed by atoms with Gasteiger partial charge in [0.1, 0.15) is 11.6 Å². The summed E-state index contributed by atoms with van der Waals surface area (Å²) in [6.45, 7) is 0. The van der Waals surface area contributed by atoms with Crippen molar-refractivity contribution in [1.82, 2.24) is 9.78 Å². The summed E-state index contributed by atoms with van der Waals surface area (Å²) in [7, 11) is 0. The van der Waals surface area contributed by atoms with Crippen LogP contribution in [0.15, 0.2) is 77.6 Å². The molecule has 1 aromatic heterocycles. The number of ether oxygens (including phenoxy) is 1. The standard InChI is InChI=1S/C21H12F4N2O2/c22-14-7-5-13(6-8-14)19-17-3-1-2-4-18(17)20(28)27(26-19)15-9-11-16(12-10-15)29-21(23,24)25/h1-12H. The van der Waals surface area contributed by atoms with Crippen molar-refractivity contribution in [1.29, 1.82) is 0 Å². The molecule has 29 heavy (non-hydrogen) atoms. The lowest BCUT2D eigenvalue weighted by Gasteiger charge is -2.12. The number of hydrogen-bond acceptors (Lipinski definition) is 3. The third-order valence-electron chi connectivity index (χ3n) is 4.24. The van der Waals surface area contributed by atoms with E-state index < -0.39 is 23.5 Å². The van der Waals surface area contributed by atoms with Crippen molar-refractivity contribution in [2.75, 3.05) is 0 Å². The van der Waals surface area contributed by atoms with E-state index in [-0.39, 0.29) is 5.69 Å². The van der Waals surface area contributed by atoms with E-state index in [1.165, 1.54) is 24.3 Å². The third-order valence-corrected chi connectivity index (χ3v) is 4.24. The molecule has 0 N–H and O–H groups in total. The summed E-state index contributed by atoms with van der Waals surface area (Å²) >= 11 is 0. The van der Waals surface area contributed by atoms with E-state index in [0.29, 0.717) is 22.0 Å². The minimum Gasteiger partial charge on any atom is -0.406 e. The zero-order chi connectivity index (χ0) is 20.6. The van der Waals surface area contributed by atoms with Gasteiger partial charge >= 0.3 is 6.36 Å². The molecule has 0 atom stereocenters. The van der Waals surface area contributed by atoms with Crippen molar-refractivity contribution >= 4 is 10.8 Å². The third kappa shape index (κ3) is 3.82. The molecule has 4 nitrogen and oxygen atoms in total. The lowest BCUT2D eigenvalue weighted by molar-refractivity contribution is -0.274. The summed E-state index contributed by atoms with van der Waals surface area (Å²) < 4.78 is 55.3. The largest absolute Gasteiger partial charge is 0.573 e. The predicted octanol–water partition coefficient (Wildman–Crippen LogP) is 5.09. The molecule has 0 saturated heterocycles. The highest BCUT2D eigenvalue weighted by Crippen LogP contribution is 2.27. The molecule has 0 radical (unpaired) electrons. The van der Waals surface area contributed by atoms with Crippen LogP contribution in [0.2, 0.25) is 0 Å². The first-order valence-electron chi connectivity index (χ1n) is 8.46. The van der Waals surface area contributed by atoms with E-state index in [1.54, 1.807) is 36.4 Å². The Hall–Kier alpha value is -3.68. The van der Waals surface area contributed by atoms with Crippen molar-refractivity contribution < 1.29 is 22.3 Å². The minimum atomic E-state index is -4.81. The molecule has 0 aliphatic carbocycles. The Labute approximate surface area is 161 Å². The zero-order valence-corrected chi connectivity index (χ0v) is 14.7. The van der Waals surface area contributed by atoms with Crippen molar-refractivity contribution in [3.8, 4) is 22.7 Å². The molecule has 0 unspecified atom stereocenters. The van der Waals surface area contributed by atoms with Gasteiger partial charge in [-0.3, -0.25) is 4.79 Å². The molecular formula is C21H12F4N2O2. The molecule has 0 bridgehead atoms. The fraction of sp³-hybridized carbons (Fsp3) is 0.0476. The minimum absolute atomic E-state index is 0.263. The Balaban J connectivity index is 1.88. The van der Waals surface area contributed by atoms with E-state index in [4.69, 9.17) is 0 Å². The maximum Gasteiger partial charge on any atom is 0.573 e. The highest BCUT2D eigenvalue weighted by Gasteiger charge is 2.31. The van der Waals surface area contributed by atoms with Gasteiger partial charge in [-0.2, -0.15) is 9.78 Å². The smallest absolute Gasteiger partial charge is 0.406 e. The fourth-order valence-corrected chi connectivity index (χ4v) is 2.97. The molecule has 3 aromatic carbocycles. The molecule has 8 heteroatoms. The topological polar surface area (TPSA) is 44.1 Å². The fourth-order valence-electron chi connectivity index (χ4n) is 2.97. The number of benzene rings is 3. The first-order valence-corrected chi connectivity index (χ1v) is 8.46. The summed E-state index contributed by atoms with van der Waals surface area (Å²) in [5.74, 6) is -0.819. The van der Waals surface area contributed by atoms with Crippen LogP contribution in [0.3, 0.4) is 0 Å². The van der Waals surface area contributed by atoms with Crippen molar-refractivity contribution in [3.63, 3.8) is 0 Å². The highest BCUT2D eigenvalue weighted by molar-refractivity contribution is 5.93. The molecule has 0 saturated carbocycles. The van der Waals surface area contributed by atoms with Crippen molar-refractivity contribution in [3.05, 3.63) is 89.0 Å². The van der Waals surface area contributed by atoms with Crippen LogP contribution in [0, 0.1) is 5.82 Å². The zero-order valence-electron chi connectivity index (χ0n) is 14.7. The summed E-state index contributed by atoms with van der Waals surface area (Å²) in [6, 6.07) is 17.3. The Morgan fingerprint density at radius 2 is 1.45 bits per heavy atom. The van der Waals surface area contributed by atoms with Crippen molar-refractivity contribution in [2.45, 2.75) is 6.36 Å². The van der Waals surface area contributed by atoms with Crippen LogP contribution in [-0.2, 0) is 0 Å². The monoisotopic (exact) mass is 400 g/mol. The molecule has 4 aromatic rings. The number of rotatable bonds is 3. The average Bonchev–Trinajstić information content (AvgIpc) is 2.69. The van der Waals surface area contributed by atoms with Gasteiger partial charge in [-0.1, -0.05) is 18.2 Å². The average molecular weight is 400 g/mol. The van der Waals surface area contributed by atoms with Gasteiger partial charge in [-0.25, -0.2) is 4.39 Å². The van der Waals surface area contributed by atoms with Crippen LogP contribution in [0.4, 0.5) is 17.6 Å². The first kappa shape index (κ1) is 18.7. The maximum atomic E-state index is 13.3. The maximum absolute atomic E-state index is 13.3.